The smallest absolute Gasteiger partial charge is 0.280 e. The molecule has 0 fully saturated rings. The number of nitrogens with one attached hydrogen (secondary N) is 1. The average Bonchev–Trinajstić information content (AvgIpc) is 2.60. The first kappa shape index (κ1) is 18.1. The van der Waals surface area contributed by atoms with E-state index in [1.807, 2.05) is 0 Å². The van der Waals surface area contributed by atoms with Gasteiger partial charge < -0.3 is 5.32 Å². The summed E-state index contributed by atoms with van der Waals surface area (Å²) in [5, 5.41) is 6.67. The van der Waals surface area contributed by atoms with Crippen LogP contribution in [0.15, 0.2) is 53.3 Å². The zero-order valence-corrected chi connectivity index (χ0v) is 15.0. The molecule has 8 heteroatoms. The van der Waals surface area contributed by atoms with Gasteiger partial charge in [0.15, 0.2) is 11.5 Å². The number of para-hydroxylation sites is 1. The van der Waals surface area contributed by atoms with Crippen molar-refractivity contribution in [2.75, 3.05) is 5.32 Å². The lowest BCUT2D eigenvalue weighted by atomic mass is 10.2. The minimum atomic E-state index is -0.850. The third kappa shape index (κ3) is 3.47. The molecule has 3 aromatic rings. The van der Waals surface area contributed by atoms with Crippen LogP contribution in [0.2, 0.25) is 10.0 Å². The van der Waals surface area contributed by atoms with Crippen molar-refractivity contribution in [3.63, 3.8) is 0 Å². The van der Waals surface area contributed by atoms with E-state index in [-0.39, 0.29) is 10.7 Å². The van der Waals surface area contributed by atoms with Gasteiger partial charge in [0.2, 0.25) is 5.43 Å². The summed E-state index contributed by atoms with van der Waals surface area (Å²) in [6, 6.07) is 12.3. The van der Waals surface area contributed by atoms with E-state index in [9.17, 15) is 14.0 Å². The third-order valence-electron chi connectivity index (χ3n) is 3.60. The Labute approximate surface area is 158 Å². The number of hydrogen-bond acceptors (Lipinski definition) is 3. The molecule has 0 aliphatic heterocycles. The van der Waals surface area contributed by atoms with Crippen LogP contribution in [0.25, 0.3) is 5.69 Å². The van der Waals surface area contributed by atoms with Crippen LogP contribution in [-0.2, 0) is 0 Å². The summed E-state index contributed by atoms with van der Waals surface area (Å²) in [6.07, 6.45) is 0. The summed E-state index contributed by atoms with van der Waals surface area (Å²) in [7, 11) is 0. The van der Waals surface area contributed by atoms with Crippen LogP contribution >= 0.6 is 23.2 Å². The summed E-state index contributed by atoms with van der Waals surface area (Å²) in [6.45, 7) is 1.66. The number of halogens is 3. The highest BCUT2D eigenvalue weighted by atomic mass is 35.5. The number of anilines is 1. The van der Waals surface area contributed by atoms with Gasteiger partial charge in [-0.2, -0.15) is 5.10 Å². The Morgan fingerprint density at radius 1 is 1.12 bits per heavy atom. The Bertz CT molecular complexity index is 1070. The third-order valence-corrected chi connectivity index (χ3v) is 4.21. The van der Waals surface area contributed by atoms with Crippen molar-refractivity contribution < 1.29 is 9.18 Å². The fourth-order valence-electron chi connectivity index (χ4n) is 2.35. The molecule has 1 amide bonds. The first-order valence-electron chi connectivity index (χ1n) is 7.49. The number of aryl methyl sites for hydroxylation is 1. The van der Waals surface area contributed by atoms with E-state index in [1.54, 1.807) is 31.2 Å². The lowest BCUT2D eigenvalue weighted by molar-refractivity contribution is 0.101. The first-order chi connectivity index (χ1) is 12.4. The minimum Gasteiger partial charge on any atom is -0.318 e. The van der Waals surface area contributed by atoms with Crippen LogP contribution in [0.5, 0.6) is 0 Å². The summed E-state index contributed by atoms with van der Waals surface area (Å²) in [5.41, 5.74) is -0.127. The molecule has 0 atom stereocenters. The molecule has 0 bridgehead atoms. The van der Waals surface area contributed by atoms with Gasteiger partial charge in [0, 0.05) is 11.8 Å². The second-order valence-corrected chi connectivity index (χ2v) is 6.23. The van der Waals surface area contributed by atoms with E-state index in [0.29, 0.717) is 16.4 Å². The number of benzene rings is 2. The second kappa shape index (κ2) is 7.27. The Morgan fingerprint density at radius 3 is 2.54 bits per heavy atom. The van der Waals surface area contributed by atoms with Gasteiger partial charge >= 0.3 is 0 Å². The predicted octanol–water partition coefficient (Wildman–Crippen LogP) is 4.24. The highest BCUT2D eigenvalue weighted by molar-refractivity contribution is 6.32. The molecule has 1 N–H and O–H groups in total. The molecule has 0 saturated carbocycles. The molecule has 1 aromatic heterocycles. The van der Waals surface area contributed by atoms with Crippen molar-refractivity contribution in [3.8, 4) is 5.69 Å². The number of amides is 1. The molecular formula is C18H12Cl2FN3O2. The number of carbonyl (C=O) groups excluding carboxylic acids is 1. The van der Waals surface area contributed by atoms with Crippen molar-refractivity contribution in [2.45, 2.75) is 6.92 Å². The fraction of sp³-hybridized carbons (Fsp3) is 0.0556. The monoisotopic (exact) mass is 391 g/mol. The largest absolute Gasteiger partial charge is 0.318 e. The van der Waals surface area contributed by atoms with Crippen LogP contribution in [0, 0.1) is 12.7 Å². The number of hydrogen-bond donors (Lipinski definition) is 1. The molecule has 0 spiro atoms. The highest BCUT2D eigenvalue weighted by Gasteiger charge is 2.18. The lowest BCUT2D eigenvalue weighted by Gasteiger charge is -2.13. The van der Waals surface area contributed by atoms with Gasteiger partial charge in [0.25, 0.3) is 5.91 Å². The maximum Gasteiger partial charge on any atom is 0.280 e. The Hall–Kier alpha value is -2.70. The Morgan fingerprint density at radius 2 is 1.81 bits per heavy atom. The second-order valence-electron chi connectivity index (χ2n) is 5.42. The molecule has 0 aliphatic carbocycles. The maximum absolute atomic E-state index is 14.0. The minimum absolute atomic E-state index is 0.145. The van der Waals surface area contributed by atoms with Crippen LogP contribution in [0.4, 0.5) is 10.1 Å². The van der Waals surface area contributed by atoms with Crippen LogP contribution < -0.4 is 10.7 Å². The maximum atomic E-state index is 14.0. The van der Waals surface area contributed by atoms with Crippen LogP contribution in [-0.4, -0.2) is 15.7 Å². The number of carbonyl (C=O) groups is 1. The van der Waals surface area contributed by atoms with E-state index >= 15 is 0 Å². The zero-order valence-electron chi connectivity index (χ0n) is 13.5. The molecular weight excluding hydrogens is 380 g/mol. The van der Waals surface area contributed by atoms with E-state index < -0.39 is 22.8 Å². The topological polar surface area (TPSA) is 64.0 Å². The predicted molar refractivity (Wildman–Crippen MR) is 98.9 cm³/mol. The summed E-state index contributed by atoms with van der Waals surface area (Å²) < 4.78 is 15.4. The van der Waals surface area contributed by atoms with Crippen molar-refractivity contribution in [1.29, 1.82) is 0 Å². The van der Waals surface area contributed by atoms with Crippen molar-refractivity contribution in [1.82, 2.24) is 9.78 Å². The standard InChI is InChI=1S/C18H12Cl2FN3O2/c1-10-9-15(25)17(23-24(10)14-8-3-2-5-11(14)19)18(26)22-13-7-4-6-12(20)16(13)21/h2-9H,1H3,(H,22,26). The van der Waals surface area contributed by atoms with E-state index in [0.717, 1.165) is 0 Å². The number of nitrogens with zero attached hydrogens (tertiary/aromatic N) is 2. The normalized spacial score (nSPS) is 10.6. The molecule has 0 aliphatic rings. The molecule has 2 aromatic carbocycles. The number of aromatic nitrogens is 2. The zero-order chi connectivity index (χ0) is 18.8. The Balaban J connectivity index is 2.04. The van der Waals surface area contributed by atoms with Crippen molar-refractivity contribution >= 4 is 34.8 Å². The van der Waals surface area contributed by atoms with Gasteiger partial charge in [-0.25, -0.2) is 9.07 Å². The molecule has 0 unspecified atom stereocenters. The van der Waals surface area contributed by atoms with Gasteiger partial charge in [-0.3, -0.25) is 9.59 Å². The Kier molecular flexibility index (Phi) is 5.06. The molecule has 5 nitrogen and oxygen atoms in total. The summed E-state index contributed by atoms with van der Waals surface area (Å²) in [5.74, 6) is -1.64. The SMILES string of the molecule is Cc1cc(=O)c(C(=O)Nc2cccc(Cl)c2F)nn1-c1ccccc1Cl. The van der Waals surface area contributed by atoms with E-state index in [1.165, 1.54) is 28.9 Å². The fourth-order valence-corrected chi connectivity index (χ4v) is 2.74. The van der Waals surface area contributed by atoms with E-state index in [4.69, 9.17) is 23.2 Å². The first-order valence-corrected chi connectivity index (χ1v) is 8.25. The molecule has 3 rings (SSSR count). The summed E-state index contributed by atoms with van der Waals surface area (Å²) in [4.78, 5) is 24.7. The van der Waals surface area contributed by atoms with Crippen LogP contribution in [0.3, 0.4) is 0 Å². The summed E-state index contributed by atoms with van der Waals surface area (Å²) >= 11 is 11.9. The van der Waals surface area contributed by atoms with Crippen molar-refractivity contribution in [3.05, 3.63) is 86.0 Å². The van der Waals surface area contributed by atoms with Crippen LogP contribution in [0.1, 0.15) is 16.2 Å². The van der Waals surface area contributed by atoms with Crippen molar-refractivity contribution in [2.24, 2.45) is 0 Å². The molecule has 1 heterocycles. The van der Waals surface area contributed by atoms with Gasteiger partial charge in [-0.05, 0) is 31.2 Å². The molecule has 0 saturated heterocycles. The molecule has 0 radical (unpaired) electrons. The van der Waals surface area contributed by atoms with Gasteiger partial charge in [-0.1, -0.05) is 41.4 Å². The quantitative estimate of drug-likeness (QED) is 0.725. The lowest BCUT2D eigenvalue weighted by Crippen LogP contribution is -2.27. The average molecular weight is 392 g/mol. The van der Waals surface area contributed by atoms with Gasteiger partial charge in [0.05, 0.1) is 21.4 Å². The molecule has 132 valence electrons. The molecule has 26 heavy (non-hydrogen) atoms. The van der Waals surface area contributed by atoms with Gasteiger partial charge in [0.1, 0.15) is 0 Å². The highest BCUT2D eigenvalue weighted by Crippen LogP contribution is 2.23. The van der Waals surface area contributed by atoms with E-state index in [2.05, 4.69) is 10.4 Å². The number of rotatable bonds is 3. The van der Waals surface area contributed by atoms with Gasteiger partial charge in [-0.15, -0.1) is 0 Å².